The lowest BCUT2D eigenvalue weighted by Crippen LogP contribution is -2.28. The van der Waals surface area contributed by atoms with E-state index in [0.717, 1.165) is 18.7 Å². The second-order valence-electron chi connectivity index (χ2n) is 4.14. The third-order valence-electron chi connectivity index (χ3n) is 2.64. The Bertz CT molecular complexity index is 362. The van der Waals surface area contributed by atoms with Gasteiger partial charge in [-0.15, -0.1) is 0 Å². The third-order valence-corrected chi connectivity index (χ3v) is 2.64. The van der Waals surface area contributed by atoms with Gasteiger partial charge in [-0.25, -0.2) is 0 Å². The number of methoxy groups -OCH3 is 1. The maximum atomic E-state index is 11.1. The zero-order valence-electron chi connectivity index (χ0n) is 11.3. The van der Waals surface area contributed by atoms with Gasteiger partial charge in [0, 0.05) is 6.54 Å². The summed E-state index contributed by atoms with van der Waals surface area (Å²) in [6.07, 6.45) is 0.903. The van der Waals surface area contributed by atoms with Crippen LogP contribution in [0.3, 0.4) is 0 Å². The molecule has 0 unspecified atom stereocenters. The van der Waals surface area contributed by atoms with Crippen LogP contribution in [0.2, 0.25) is 0 Å². The summed E-state index contributed by atoms with van der Waals surface area (Å²) < 4.78 is 10.0. The van der Waals surface area contributed by atoms with Gasteiger partial charge in [0.05, 0.1) is 20.3 Å². The van der Waals surface area contributed by atoms with Crippen LogP contribution in [0.4, 0.5) is 0 Å². The summed E-state index contributed by atoms with van der Waals surface area (Å²) in [6.45, 7) is 3.80. The van der Waals surface area contributed by atoms with Crippen LogP contribution in [0.25, 0.3) is 0 Å². The van der Waals surface area contributed by atoms with Crippen LogP contribution in [-0.4, -0.2) is 44.7 Å². The minimum atomic E-state index is -0.204. The van der Waals surface area contributed by atoms with E-state index in [4.69, 9.17) is 4.74 Å². The number of carbonyl (C=O) groups excluding carboxylic acids is 1. The number of ether oxygens (including phenoxy) is 2. The molecule has 0 bridgehead atoms. The van der Waals surface area contributed by atoms with E-state index in [1.54, 1.807) is 0 Å². The predicted molar refractivity (Wildman–Crippen MR) is 70.8 cm³/mol. The molecule has 0 aliphatic carbocycles. The number of rotatable bonds is 7. The van der Waals surface area contributed by atoms with Crippen molar-refractivity contribution in [3.63, 3.8) is 0 Å². The lowest BCUT2D eigenvalue weighted by molar-refractivity contribution is -0.141. The van der Waals surface area contributed by atoms with Crippen molar-refractivity contribution >= 4 is 5.97 Å². The minimum absolute atomic E-state index is 0.204. The molecule has 0 N–H and O–H groups in total. The molecule has 4 heteroatoms. The number of likely N-dealkylation sites (N-methyl/N-ethyl adjacent to an activating group) is 1. The van der Waals surface area contributed by atoms with E-state index in [9.17, 15) is 4.79 Å². The van der Waals surface area contributed by atoms with Crippen LogP contribution in [0.5, 0.6) is 5.75 Å². The zero-order chi connectivity index (χ0) is 13.4. The first kappa shape index (κ1) is 14.5. The van der Waals surface area contributed by atoms with E-state index in [-0.39, 0.29) is 5.97 Å². The van der Waals surface area contributed by atoms with E-state index in [2.05, 4.69) is 16.9 Å². The number of hydrogen-bond donors (Lipinski definition) is 0. The Kier molecular flexibility index (Phi) is 6.22. The number of carbonyl (C=O) groups is 1. The van der Waals surface area contributed by atoms with Crippen molar-refractivity contribution in [2.24, 2.45) is 0 Å². The molecule has 0 fully saturated rings. The van der Waals surface area contributed by atoms with Crippen LogP contribution >= 0.6 is 0 Å². The van der Waals surface area contributed by atoms with E-state index in [1.807, 2.05) is 31.0 Å². The van der Waals surface area contributed by atoms with Crippen molar-refractivity contribution in [1.29, 1.82) is 0 Å². The van der Waals surface area contributed by atoms with Crippen LogP contribution in [0.15, 0.2) is 24.3 Å². The van der Waals surface area contributed by atoms with Gasteiger partial charge in [0.1, 0.15) is 5.75 Å². The average Bonchev–Trinajstić information content (AvgIpc) is 2.38. The molecule has 0 radical (unpaired) electrons. The van der Waals surface area contributed by atoms with Crippen LogP contribution in [-0.2, 0) is 16.0 Å². The van der Waals surface area contributed by atoms with Gasteiger partial charge in [0.15, 0.2) is 0 Å². The fourth-order valence-corrected chi connectivity index (χ4v) is 1.60. The molecule has 0 atom stereocenters. The van der Waals surface area contributed by atoms with Crippen molar-refractivity contribution in [3.05, 3.63) is 29.8 Å². The molecule has 18 heavy (non-hydrogen) atoms. The van der Waals surface area contributed by atoms with Crippen LogP contribution in [0, 0.1) is 0 Å². The summed E-state index contributed by atoms with van der Waals surface area (Å²) in [6, 6.07) is 8.05. The Morgan fingerprint density at radius 2 is 1.94 bits per heavy atom. The summed E-state index contributed by atoms with van der Waals surface area (Å²) in [5, 5.41) is 0. The van der Waals surface area contributed by atoms with Crippen LogP contribution in [0.1, 0.15) is 12.5 Å². The van der Waals surface area contributed by atoms with Gasteiger partial charge in [0.2, 0.25) is 0 Å². The van der Waals surface area contributed by atoms with Crippen molar-refractivity contribution in [3.8, 4) is 5.75 Å². The van der Waals surface area contributed by atoms with E-state index >= 15 is 0 Å². The Morgan fingerprint density at radius 1 is 1.28 bits per heavy atom. The summed E-state index contributed by atoms with van der Waals surface area (Å²) >= 11 is 0. The third kappa shape index (κ3) is 5.19. The highest BCUT2D eigenvalue weighted by atomic mass is 16.5. The Hall–Kier alpha value is -1.55. The van der Waals surface area contributed by atoms with Crippen molar-refractivity contribution in [1.82, 2.24) is 4.90 Å². The van der Waals surface area contributed by atoms with Gasteiger partial charge in [-0.3, -0.25) is 9.69 Å². The molecule has 1 rings (SSSR count). The minimum Gasteiger partial charge on any atom is -0.494 e. The maximum absolute atomic E-state index is 11.1. The van der Waals surface area contributed by atoms with E-state index in [1.165, 1.54) is 12.7 Å². The van der Waals surface area contributed by atoms with E-state index in [0.29, 0.717) is 13.2 Å². The van der Waals surface area contributed by atoms with Gasteiger partial charge in [-0.1, -0.05) is 12.1 Å². The second-order valence-corrected chi connectivity index (χ2v) is 4.14. The molecule has 1 aromatic rings. The fourth-order valence-electron chi connectivity index (χ4n) is 1.60. The summed E-state index contributed by atoms with van der Waals surface area (Å²) in [5.74, 6) is 0.688. The lowest BCUT2D eigenvalue weighted by Gasteiger charge is -2.14. The predicted octanol–water partition coefficient (Wildman–Crippen LogP) is 1.73. The highest BCUT2D eigenvalue weighted by Crippen LogP contribution is 2.12. The van der Waals surface area contributed by atoms with Crippen molar-refractivity contribution < 1.29 is 14.3 Å². The summed E-state index contributed by atoms with van der Waals surface area (Å²) in [5.41, 5.74) is 1.23. The van der Waals surface area contributed by atoms with Gasteiger partial charge in [-0.2, -0.15) is 0 Å². The Morgan fingerprint density at radius 3 is 2.50 bits per heavy atom. The summed E-state index contributed by atoms with van der Waals surface area (Å²) in [4.78, 5) is 13.0. The molecular weight excluding hydrogens is 230 g/mol. The molecule has 0 aromatic heterocycles. The quantitative estimate of drug-likeness (QED) is 0.692. The van der Waals surface area contributed by atoms with Crippen LogP contribution < -0.4 is 4.74 Å². The Labute approximate surface area is 108 Å². The number of hydrogen-bond acceptors (Lipinski definition) is 4. The Balaban J connectivity index is 2.36. The molecule has 0 heterocycles. The molecule has 0 saturated carbocycles. The first-order valence-electron chi connectivity index (χ1n) is 6.12. The number of nitrogens with zero attached hydrogens (tertiary/aromatic N) is 1. The largest absolute Gasteiger partial charge is 0.494 e. The smallest absolute Gasteiger partial charge is 0.319 e. The highest BCUT2D eigenvalue weighted by molar-refractivity contribution is 5.71. The van der Waals surface area contributed by atoms with E-state index < -0.39 is 0 Å². The zero-order valence-corrected chi connectivity index (χ0v) is 11.3. The molecule has 1 aromatic carbocycles. The molecule has 0 aliphatic rings. The van der Waals surface area contributed by atoms with Crippen molar-refractivity contribution in [2.45, 2.75) is 13.3 Å². The standard InChI is InChI=1S/C14H21NO3/c1-4-18-13-7-5-12(6-8-13)9-10-15(2)11-14(16)17-3/h5-8H,4,9-11H2,1-3H3. The fraction of sp³-hybridized carbons (Fsp3) is 0.500. The maximum Gasteiger partial charge on any atom is 0.319 e. The molecule has 100 valence electrons. The van der Waals surface area contributed by atoms with Gasteiger partial charge < -0.3 is 9.47 Å². The first-order valence-corrected chi connectivity index (χ1v) is 6.12. The van der Waals surface area contributed by atoms with Crippen molar-refractivity contribution in [2.75, 3.05) is 33.9 Å². The second kappa shape index (κ2) is 7.71. The monoisotopic (exact) mass is 251 g/mol. The SMILES string of the molecule is CCOc1ccc(CCN(C)CC(=O)OC)cc1. The van der Waals surface area contributed by atoms with Gasteiger partial charge >= 0.3 is 5.97 Å². The molecule has 0 saturated heterocycles. The normalized spacial score (nSPS) is 10.4. The number of benzene rings is 1. The number of esters is 1. The highest BCUT2D eigenvalue weighted by Gasteiger charge is 2.06. The molecule has 0 amide bonds. The topological polar surface area (TPSA) is 38.8 Å². The molecular formula is C14H21NO3. The molecule has 0 spiro atoms. The first-order chi connectivity index (χ1) is 8.65. The molecule has 0 aliphatic heterocycles. The van der Waals surface area contributed by atoms with Gasteiger partial charge in [-0.05, 0) is 38.1 Å². The van der Waals surface area contributed by atoms with Gasteiger partial charge in [0.25, 0.3) is 0 Å². The summed E-state index contributed by atoms with van der Waals surface area (Å²) in [7, 11) is 3.31. The average molecular weight is 251 g/mol. The lowest BCUT2D eigenvalue weighted by atomic mass is 10.1. The molecule has 4 nitrogen and oxygen atoms in total.